The zero-order valence-electron chi connectivity index (χ0n) is 7.79. The van der Waals surface area contributed by atoms with Crippen molar-refractivity contribution in [1.29, 1.82) is 0 Å². The molecule has 1 aliphatic heterocycles. The van der Waals surface area contributed by atoms with Gasteiger partial charge in [0.15, 0.2) is 5.78 Å². The Hall–Kier alpha value is -0.280. The Morgan fingerprint density at radius 2 is 2.31 bits per heavy atom. The summed E-state index contributed by atoms with van der Waals surface area (Å²) in [5, 5.41) is 2.00. The Bertz CT molecular complexity index is 342. The Morgan fingerprint density at radius 1 is 1.54 bits per heavy atom. The van der Waals surface area contributed by atoms with Crippen LogP contribution in [0.25, 0.3) is 0 Å². The van der Waals surface area contributed by atoms with Crippen LogP contribution < -0.4 is 0 Å². The Kier molecular flexibility index (Phi) is 2.24. The van der Waals surface area contributed by atoms with Crippen LogP contribution in [0.4, 0.5) is 0 Å². The molecule has 0 N–H and O–H groups in total. The van der Waals surface area contributed by atoms with Crippen LogP contribution in [0.15, 0.2) is 15.7 Å². The first kappa shape index (κ1) is 9.28. The van der Waals surface area contributed by atoms with E-state index in [9.17, 15) is 4.79 Å². The lowest BCUT2D eigenvalue weighted by Crippen LogP contribution is -2.26. The molecule has 1 nitrogen and oxygen atoms in total. The molecule has 0 radical (unpaired) electrons. The third-order valence-corrected chi connectivity index (χ3v) is 4.89. The standard InChI is InChI=1S/C10H12OS2/c1-3-5-10(2)8(11)7-4-6-12-9(7)13-10/h4,6H,3,5H2,1-2H3. The van der Waals surface area contributed by atoms with E-state index in [4.69, 9.17) is 0 Å². The van der Waals surface area contributed by atoms with Gasteiger partial charge < -0.3 is 0 Å². The average Bonchev–Trinajstić information content (AvgIpc) is 2.58. The minimum atomic E-state index is -0.169. The van der Waals surface area contributed by atoms with Gasteiger partial charge in [0.05, 0.1) is 8.96 Å². The lowest BCUT2D eigenvalue weighted by molar-refractivity contribution is 0.0949. The first-order valence-electron chi connectivity index (χ1n) is 4.48. The van der Waals surface area contributed by atoms with Gasteiger partial charge in [-0.25, -0.2) is 0 Å². The quantitative estimate of drug-likeness (QED) is 0.745. The zero-order valence-corrected chi connectivity index (χ0v) is 9.43. The lowest BCUT2D eigenvalue weighted by Gasteiger charge is -2.19. The topological polar surface area (TPSA) is 17.1 Å². The molecule has 0 aliphatic carbocycles. The van der Waals surface area contributed by atoms with Crippen molar-refractivity contribution in [2.75, 3.05) is 0 Å². The van der Waals surface area contributed by atoms with Gasteiger partial charge in [0.1, 0.15) is 0 Å². The summed E-state index contributed by atoms with van der Waals surface area (Å²) >= 11 is 3.43. The van der Waals surface area contributed by atoms with E-state index in [1.54, 1.807) is 23.1 Å². The summed E-state index contributed by atoms with van der Waals surface area (Å²) < 4.78 is 1.04. The molecular formula is C10H12OS2. The van der Waals surface area contributed by atoms with Crippen LogP contribution >= 0.6 is 23.1 Å². The number of hydrogen-bond donors (Lipinski definition) is 0. The summed E-state index contributed by atoms with van der Waals surface area (Å²) in [4.78, 5) is 12.0. The maximum atomic E-state index is 12.0. The fourth-order valence-electron chi connectivity index (χ4n) is 1.72. The Labute approximate surface area is 86.5 Å². The van der Waals surface area contributed by atoms with Gasteiger partial charge in [-0.3, -0.25) is 4.79 Å². The summed E-state index contributed by atoms with van der Waals surface area (Å²) in [6.07, 6.45) is 2.06. The SMILES string of the molecule is CCCC1(C)Sc2sccc2C1=O. The molecule has 2 rings (SSSR count). The highest BCUT2D eigenvalue weighted by Gasteiger charge is 2.42. The van der Waals surface area contributed by atoms with Gasteiger partial charge in [0.2, 0.25) is 0 Å². The minimum Gasteiger partial charge on any atom is -0.293 e. The molecule has 1 aromatic heterocycles. The number of ketones is 1. The fourth-order valence-corrected chi connectivity index (χ4v) is 4.44. The van der Waals surface area contributed by atoms with Crippen molar-refractivity contribution in [3.05, 3.63) is 17.0 Å². The highest BCUT2D eigenvalue weighted by atomic mass is 32.2. The van der Waals surface area contributed by atoms with E-state index in [2.05, 4.69) is 13.8 Å². The summed E-state index contributed by atoms with van der Waals surface area (Å²) in [6.45, 7) is 4.20. The Balaban J connectivity index is 2.33. The monoisotopic (exact) mass is 212 g/mol. The van der Waals surface area contributed by atoms with Crippen molar-refractivity contribution in [2.24, 2.45) is 0 Å². The maximum absolute atomic E-state index is 12.0. The molecular weight excluding hydrogens is 200 g/mol. The molecule has 0 aromatic carbocycles. The smallest absolute Gasteiger partial charge is 0.180 e. The molecule has 2 heterocycles. The third-order valence-electron chi connectivity index (χ3n) is 2.40. The van der Waals surface area contributed by atoms with E-state index in [0.717, 1.165) is 18.4 Å². The van der Waals surface area contributed by atoms with E-state index in [1.165, 1.54) is 4.21 Å². The van der Waals surface area contributed by atoms with Gasteiger partial charge in [-0.2, -0.15) is 0 Å². The normalized spacial score (nSPS) is 26.5. The molecule has 13 heavy (non-hydrogen) atoms. The van der Waals surface area contributed by atoms with E-state index < -0.39 is 0 Å². The van der Waals surface area contributed by atoms with E-state index >= 15 is 0 Å². The summed E-state index contributed by atoms with van der Waals surface area (Å²) in [7, 11) is 0. The Morgan fingerprint density at radius 3 is 2.92 bits per heavy atom. The third kappa shape index (κ3) is 1.34. The molecule has 1 aromatic rings. The number of thioether (sulfide) groups is 1. The molecule has 1 unspecified atom stereocenters. The van der Waals surface area contributed by atoms with Crippen LogP contribution in [0.5, 0.6) is 0 Å². The minimum absolute atomic E-state index is 0.169. The van der Waals surface area contributed by atoms with Crippen molar-refractivity contribution in [3.8, 4) is 0 Å². The summed E-state index contributed by atoms with van der Waals surface area (Å²) in [5.74, 6) is 0.329. The van der Waals surface area contributed by atoms with Crippen molar-refractivity contribution < 1.29 is 4.79 Å². The number of carbonyl (C=O) groups is 1. The van der Waals surface area contributed by atoms with Gasteiger partial charge in [-0.05, 0) is 24.8 Å². The van der Waals surface area contributed by atoms with E-state index in [0.29, 0.717) is 5.78 Å². The molecule has 3 heteroatoms. The van der Waals surface area contributed by atoms with Crippen LogP contribution in [0.3, 0.4) is 0 Å². The van der Waals surface area contributed by atoms with Crippen LogP contribution in [0.1, 0.15) is 37.0 Å². The number of Topliss-reactive ketones (excluding diaryl/α,β-unsaturated/α-hetero) is 1. The second kappa shape index (κ2) is 3.14. The summed E-state index contributed by atoms with van der Waals surface area (Å²) in [6, 6.07) is 1.95. The van der Waals surface area contributed by atoms with Crippen molar-refractivity contribution in [2.45, 2.75) is 35.6 Å². The van der Waals surface area contributed by atoms with Crippen LogP contribution in [-0.4, -0.2) is 10.5 Å². The van der Waals surface area contributed by atoms with Crippen LogP contribution in [-0.2, 0) is 0 Å². The predicted octanol–water partition coefficient (Wildman–Crippen LogP) is 3.60. The van der Waals surface area contributed by atoms with E-state index in [-0.39, 0.29) is 4.75 Å². The largest absolute Gasteiger partial charge is 0.293 e. The molecule has 1 aliphatic rings. The molecule has 70 valence electrons. The van der Waals surface area contributed by atoms with Crippen LogP contribution in [0, 0.1) is 0 Å². The molecule has 0 fully saturated rings. The second-order valence-corrected chi connectivity index (χ2v) is 6.22. The highest BCUT2D eigenvalue weighted by Crippen LogP contribution is 2.49. The van der Waals surface area contributed by atoms with Gasteiger partial charge >= 0.3 is 0 Å². The molecule has 0 spiro atoms. The molecule has 0 saturated carbocycles. The van der Waals surface area contributed by atoms with E-state index in [1.807, 2.05) is 11.4 Å². The fraction of sp³-hybridized carbons (Fsp3) is 0.500. The number of fused-ring (bicyclic) bond motifs is 1. The van der Waals surface area contributed by atoms with Crippen molar-refractivity contribution in [3.63, 3.8) is 0 Å². The first-order valence-corrected chi connectivity index (χ1v) is 6.18. The van der Waals surface area contributed by atoms with Gasteiger partial charge in [-0.15, -0.1) is 11.3 Å². The zero-order chi connectivity index (χ0) is 9.47. The summed E-state index contributed by atoms with van der Waals surface area (Å²) in [5.41, 5.74) is 0.950. The average molecular weight is 212 g/mol. The maximum Gasteiger partial charge on any atom is 0.180 e. The van der Waals surface area contributed by atoms with Gasteiger partial charge in [-0.1, -0.05) is 25.1 Å². The highest BCUT2D eigenvalue weighted by molar-refractivity contribution is 8.03. The lowest BCUT2D eigenvalue weighted by atomic mass is 9.96. The molecule has 1 atom stereocenters. The number of rotatable bonds is 2. The molecule has 0 saturated heterocycles. The number of carbonyl (C=O) groups excluding carboxylic acids is 1. The predicted molar refractivity (Wildman–Crippen MR) is 57.8 cm³/mol. The van der Waals surface area contributed by atoms with Crippen molar-refractivity contribution >= 4 is 28.9 Å². The number of thiophene rings is 1. The van der Waals surface area contributed by atoms with Crippen molar-refractivity contribution in [1.82, 2.24) is 0 Å². The van der Waals surface area contributed by atoms with Gasteiger partial charge in [0, 0.05) is 5.56 Å². The molecule has 0 amide bonds. The number of hydrogen-bond acceptors (Lipinski definition) is 3. The van der Waals surface area contributed by atoms with Crippen LogP contribution in [0.2, 0.25) is 0 Å². The molecule has 0 bridgehead atoms. The van der Waals surface area contributed by atoms with Gasteiger partial charge in [0.25, 0.3) is 0 Å². The first-order chi connectivity index (χ1) is 6.17. The second-order valence-electron chi connectivity index (χ2n) is 3.53.